The van der Waals surface area contributed by atoms with Crippen LogP contribution >= 0.6 is 27.5 Å². The van der Waals surface area contributed by atoms with Crippen molar-refractivity contribution < 1.29 is 4.74 Å². The van der Waals surface area contributed by atoms with E-state index >= 15 is 0 Å². The van der Waals surface area contributed by atoms with Crippen LogP contribution in [0, 0.1) is 12.3 Å². The van der Waals surface area contributed by atoms with Gasteiger partial charge in [-0.1, -0.05) is 41.3 Å². The SMILES string of the molecule is Cc1ccc(Br)cc1OC1CC(Cl)C12CCCCC2. The molecule has 1 aromatic carbocycles. The maximum Gasteiger partial charge on any atom is 0.123 e. The lowest BCUT2D eigenvalue weighted by Crippen LogP contribution is -2.58. The van der Waals surface area contributed by atoms with E-state index in [1.807, 2.05) is 0 Å². The first-order chi connectivity index (χ1) is 9.12. The van der Waals surface area contributed by atoms with E-state index < -0.39 is 0 Å². The number of ether oxygens (including phenoxy) is 1. The first-order valence-electron chi connectivity index (χ1n) is 7.19. The van der Waals surface area contributed by atoms with Crippen molar-refractivity contribution in [3.05, 3.63) is 28.2 Å². The van der Waals surface area contributed by atoms with E-state index in [-0.39, 0.29) is 5.41 Å². The van der Waals surface area contributed by atoms with Crippen molar-refractivity contribution >= 4 is 27.5 Å². The molecule has 0 aliphatic heterocycles. The smallest absolute Gasteiger partial charge is 0.123 e. The summed E-state index contributed by atoms with van der Waals surface area (Å²) < 4.78 is 7.39. The fraction of sp³-hybridized carbons (Fsp3) is 0.625. The maximum absolute atomic E-state index is 6.53. The Hall–Kier alpha value is -0.210. The zero-order chi connectivity index (χ0) is 13.5. The van der Waals surface area contributed by atoms with Crippen molar-refractivity contribution in [3.8, 4) is 5.75 Å². The molecule has 2 fully saturated rings. The highest BCUT2D eigenvalue weighted by Gasteiger charge is 2.55. The molecule has 19 heavy (non-hydrogen) atoms. The molecule has 3 rings (SSSR count). The van der Waals surface area contributed by atoms with Crippen LogP contribution in [0.1, 0.15) is 44.1 Å². The van der Waals surface area contributed by atoms with Crippen molar-refractivity contribution in [2.75, 3.05) is 0 Å². The molecule has 0 N–H and O–H groups in total. The number of hydrogen-bond donors (Lipinski definition) is 0. The second-order valence-corrected chi connectivity index (χ2v) is 7.46. The summed E-state index contributed by atoms with van der Waals surface area (Å²) in [6.45, 7) is 2.10. The molecule has 3 heteroatoms. The minimum absolute atomic E-state index is 0.245. The number of hydrogen-bond acceptors (Lipinski definition) is 1. The lowest BCUT2D eigenvalue weighted by molar-refractivity contribution is -0.0653. The quantitative estimate of drug-likeness (QED) is 0.647. The maximum atomic E-state index is 6.53. The summed E-state index contributed by atoms with van der Waals surface area (Å²) in [5.74, 6) is 1.01. The third-order valence-corrected chi connectivity index (χ3v) is 6.00. The van der Waals surface area contributed by atoms with E-state index in [4.69, 9.17) is 16.3 Å². The predicted octanol–water partition coefficient (Wildman–Crippen LogP) is 5.47. The number of alkyl halides is 1. The van der Waals surface area contributed by atoms with Crippen LogP contribution in [0.15, 0.2) is 22.7 Å². The Balaban J connectivity index is 1.78. The highest BCUT2D eigenvalue weighted by molar-refractivity contribution is 9.10. The Labute approximate surface area is 128 Å². The van der Waals surface area contributed by atoms with Gasteiger partial charge in [0.1, 0.15) is 11.9 Å². The average molecular weight is 344 g/mol. The first-order valence-corrected chi connectivity index (χ1v) is 8.42. The van der Waals surface area contributed by atoms with Gasteiger partial charge in [-0.05, 0) is 37.5 Å². The van der Waals surface area contributed by atoms with Crippen molar-refractivity contribution in [1.29, 1.82) is 0 Å². The first kappa shape index (κ1) is 13.8. The fourth-order valence-corrected chi connectivity index (χ4v) is 4.42. The molecule has 0 heterocycles. The summed E-state index contributed by atoms with van der Waals surface area (Å²) in [6.07, 6.45) is 7.74. The minimum atomic E-state index is 0.245. The largest absolute Gasteiger partial charge is 0.489 e. The Bertz CT molecular complexity index is 468. The second kappa shape index (κ2) is 5.29. The monoisotopic (exact) mass is 342 g/mol. The second-order valence-electron chi connectivity index (χ2n) is 6.01. The van der Waals surface area contributed by atoms with E-state index in [0.29, 0.717) is 11.5 Å². The van der Waals surface area contributed by atoms with Gasteiger partial charge in [-0.2, -0.15) is 0 Å². The molecule has 104 valence electrons. The zero-order valence-electron chi connectivity index (χ0n) is 11.3. The highest BCUT2D eigenvalue weighted by Crippen LogP contribution is 2.55. The van der Waals surface area contributed by atoms with Crippen LogP contribution in [0.5, 0.6) is 5.75 Å². The van der Waals surface area contributed by atoms with Crippen molar-refractivity contribution in [3.63, 3.8) is 0 Å². The van der Waals surface area contributed by atoms with Gasteiger partial charge in [0.25, 0.3) is 0 Å². The van der Waals surface area contributed by atoms with Crippen LogP contribution in [-0.4, -0.2) is 11.5 Å². The molecule has 0 radical (unpaired) electrons. The van der Waals surface area contributed by atoms with Gasteiger partial charge in [0.2, 0.25) is 0 Å². The molecule has 1 nitrogen and oxygen atoms in total. The van der Waals surface area contributed by atoms with Crippen LogP contribution < -0.4 is 4.74 Å². The lowest BCUT2D eigenvalue weighted by Gasteiger charge is -2.55. The number of halogens is 2. The van der Waals surface area contributed by atoms with Crippen LogP contribution in [0.3, 0.4) is 0 Å². The summed E-state index contributed by atoms with van der Waals surface area (Å²) in [5.41, 5.74) is 1.45. The molecule has 2 unspecified atom stereocenters. The van der Waals surface area contributed by atoms with Gasteiger partial charge in [0, 0.05) is 21.7 Å². The Morgan fingerprint density at radius 3 is 2.68 bits per heavy atom. The third kappa shape index (κ3) is 2.42. The molecule has 2 aliphatic rings. The molecule has 2 atom stereocenters. The van der Waals surface area contributed by atoms with Gasteiger partial charge in [0.05, 0.1) is 0 Å². The van der Waals surface area contributed by atoms with E-state index in [0.717, 1.165) is 16.6 Å². The van der Waals surface area contributed by atoms with Gasteiger partial charge in [-0.25, -0.2) is 0 Å². The molecule has 0 aromatic heterocycles. The molecule has 0 bridgehead atoms. The van der Waals surface area contributed by atoms with Crippen molar-refractivity contribution in [2.24, 2.45) is 5.41 Å². The van der Waals surface area contributed by atoms with Crippen LogP contribution in [0.25, 0.3) is 0 Å². The molecule has 2 aliphatic carbocycles. The summed E-state index contributed by atoms with van der Waals surface area (Å²) in [5, 5.41) is 0.310. The predicted molar refractivity (Wildman–Crippen MR) is 83.1 cm³/mol. The standard InChI is InChI=1S/C16H20BrClO/c1-11-5-6-12(17)9-13(11)19-15-10-14(18)16(15)7-3-2-4-8-16/h5-6,9,14-15H,2-4,7-8,10H2,1H3. The summed E-state index contributed by atoms with van der Waals surface area (Å²) in [6, 6.07) is 6.24. The topological polar surface area (TPSA) is 9.23 Å². The Morgan fingerprint density at radius 1 is 1.26 bits per heavy atom. The average Bonchev–Trinajstić information content (AvgIpc) is 2.43. The molecular formula is C16H20BrClO. The van der Waals surface area contributed by atoms with Crippen molar-refractivity contribution in [1.82, 2.24) is 0 Å². The van der Waals surface area contributed by atoms with Crippen molar-refractivity contribution in [2.45, 2.75) is 56.9 Å². The molecule has 2 saturated carbocycles. The molecular weight excluding hydrogens is 324 g/mol. The molecule has 1 spiro atoms. The van der Waals surface area contributed by atoms with Crippen LogP contribution in [0.4, 0.5) is 0 Å². The zero-order valence-corrected chi connectivity index (χ0v) is 13.6. The molecule has 0 amide bonds. The van der Waals surface area contributed by atoms with Gasteiger partial charge >= 0.3 is 0 Å². The van der Waals surface area contributed by atoms with E-state index in [2.05, 4.69) is 41.1 Å². The Kier molecular flexibility index (Phi) is 3.83. The van der Waals surface area contributed by atoms with Crippen LogP contribution in [-0.2, 0) is 0 Å². The summed E-state index contributed by atoms with van der Waals surface area (Å²) in [4.78, 5) is 0. The summed E-state index contributed by atoms with van der Waals surface area (Å²) in [7, 11) is 0. The Morgan fingerprint density at radius 2 is 2.00 bits per heavy atom. The van der Waals surface area contributed by atoms with E-state index in [9.17, 15) is 0 Å². The summed E-state index contributed by atoms with van der Waals surface area (Å²) >= 11 is 10.0. The van der Waals surface area contributed by atoms with Gasteiger partial charge in [-0.15, -0.1) is 11.6 Å². The van der Waals surface area contributed by atoms with E-state index in [1.54, 1.807) is 0 Å². The fourth-order valence-electron chi connectivity index (χ4n) is 3.56. The van der Waals surface area contributed by atoms with E-state index in [1.165, 1.54) is 37.7 Å². The number of benzene rings is 1. The minimum Gasteiger partial charge on any atom is -0.489 e. The normalized spacial score (nSPS) is 29.0. The third-order valence-electron chi connectivity index (χ3n) is 4.89. The van der Waals surface area contributed by atoms with Gasteiger partial charge in [0.15, 0.2) is 0 Å². The number of rotatable bonds is 2. The molecule has 1 aromatic rings. The van der Waals surface area contributed by atoms with Crippen LogP contribution in [0.2, 0.25) is 0 Å². The lowest BCUT2D eigenvalue weighted by atomic mass is 9.58. The molecule has 0 saturated heterocycles. The number of aryl methyl sites for hydroxylation is 1. The van der Waals surface area contributed by atoms with Gasteiger partial charge in [-0.3, -0.25) is 0 Å². The van der Waals surface area contributed by atoms with Gasteiger partial charge < -0.3 is 4.74 Å². The highest BCUT2D eigenvalue weighted by atomic mass is 79.9.